The van der Waals surface area contributed by atoms with Gasteiger partial charge in [0.2, 0.25) is 0 Å². The first-order valence-corrected chi connectivity index (χ1v) is 9.21. The summed E-state index contributed by atoms with van der Waals surface area (Å²) in [5.41, 5.74) is 4.02. The van der Waals surface area contributed by atoms with Crippen LogP contribution in [0.4, 0.5) is 17.2 Å². The number of ether oxygens (including phenoxy) is 1. The molecule has 1 aromatic heterocycles. The minimum Gasteiger partial charge on any atom is -0.465 e. The van der Waals surface area contributed by atoms with Crippen LogP contribution in [0.1, 0.15) is 38.9 Å². The number of rotatable bonds is 6. The summed E-state index contributed by atoms with van der Waals surface area (Å²) in [4.78, 5) is 24.4. The summed E-state index contributed by atoms with van der Waals surface area (Å²) in [5, 5.41) is 14.1. The summed E-state index contributed by atoms with van der Waals surface area (Å²) in [6.45, 7) is 4.11. The number of aryl methyl sites for hydroxylation is 2. The number of anilines is 3. The Hall–Kier alpha value is -3.74. The Morgan fingerprint density at radius 3 is 2.48 bits per heavy atom. The Kier molecular flexibility index (Phi) is 6.19. The van der Waals surface area contributed by atoms with E-state index in [1.54, 1.807) is 36.4 Å². The van der Waals surface area contributed by atoms with Gasteiger partial charge in [0.15, 0.2) is 11.5 Å². The molecule has 0 saturated heterocycles. The lowest BCUT2D eigenvalue weighted by molar-refractivity contribution is 0.0602. The third-order valence-corrected chi connectivity index (χ3v) is 4.47. The van der Waals surface area contributed by atoms with Gasteiger partial charge < -0.3 is 15.4 Å². The van der Waals surface area contributed by atoms with E-state index in [2.05, 4.69) is 33.8 Å². The predicted molar refractivity (Wildman–Crippen MR) is 112 cm³/mol. The highest BCUT2D eigenvalue weighted by molar-refractivity contribution is 6.07. The number of nitrogens with one attached hydrogen (secondary N) is 2. The van der Waals surface area contributed by atoms with Crippen LogP contribution in [0.25, 0.3) is 0 Å². The molecule has 0 unspecified atom stereocenters. The van der Waals surface area contributed by atoms with Crippen molar-refractivity contribution in [2.24, 2.45) is 0 Å². The zero-order valence-corrected chi connectivity index (χ0v) is 16.5. The number of carbonyl (C=O) groups excluding carboxylic acids is 2. The van der Waals surface area contributed by atoms with E-state index in [-0.39, 0.29) is 11.3 Å². The van der Waals surface area contributed by atoms with Crippen molar-refractivity contribution in [1.82, 2.24) is 10.2 Å². The van der Waals surface area contributed by atoms with Gasteiger partial charge in [-0.15, -0.1) is 10.2 Å². The molecule has 2 N–H and O–H groups in total. The number of para-hydroxylation sites is 2. The van der Waals surface area contributed by atoms with Crippen LogP contribution >= 0.6 is 0 Å². The Bertz CT molecular complexity index is 1030. The second-order valence-corrected chi connectivity index (χ2v) is 6.38. The van der Waals surface area contributed by atoms with E-state index in [0.717, 1.165) is 17.7 Å². The standard InChI is InChI=1S/C22H22N4O3/c1-4-15-9-7-8-14(2)20(15)24-19-13-12-18(25-26-19)21(27)23-17-11-6-5-10-16(17)22(28)29-3/h5-13H,4H2,1-3H3,(H,23,27)(H,24,26). The number of nitrogens with zero attached hydrogens (tertiary/aromatic N) is 2. The first kappa shape index (κ1) is 20.0. The molecule has 0 bridgehead atoms. The van der Waals surface area contributed by atoms with Crippen molar-refractivity contribution in [2.45, 2.75) is 20.3 Å². The summed E-state index contributed by atoms with van der Waals surface area (Å²) in [7, 11) is 1.29. The van der Waals surface area contributed by atoms with E-state index >= 15 is 0 Å². The van der Waals surface area contributed by atoms with E-state index < -0.39 is 11.9 Å². The van der Waals surface area contributed by atoms with Crippen molar-refractivity contribution in [1.29, 1.82) is 0 Å². The predicted octanol–water partition coefficient (Wildman–Crippen LogP) is 4.13. The van der Waals surface area contributed by atoms with E-state index in [4.69, 9.17) is 4.74 Å². The van der Waals surface area contributed by atoms with Crippen LogP contribution in [0.2, 0.25) is 0 Å². The van der Waals surface area contributed by atoms with Gasteiger partial charge in [-0.1, -0.05) is 37.3 Å². The molecule has 0 radical (unpaired) electrons. The fraction of sp³-hybridized carbons (Fsp3) is 0.182. The number of aromatic nitrogens is 2. The molecule has 0 aliphatic rings. The molecule has 0 aliphatic carbocycles. The monoisotopic (exact) mass is 390 g/mol. The maximum Gasteiger partial charge on any atom is 0.339 e. The Morgan fingerprint density at radius 1 is 1.00 bits per heavy atom. The van der Waals surface area contributed by atoms with Crippen molar-refractivity contribution in [3.8, 4) is 0 Å². The summed E-state index contributed by atoms with van der Waals surface area (Å²) < 4.78 is 4.74. The number of methoxy groups -OCH3 is 1. The van der Waals surface area contributed by atoms with Gasteiger partial charge in [0.25, 0.3) is 5.91 Å². The van der Waals surface area contributed by atoms with Gasteiger partial charge in [0.05, 0.1) is 18.4 Å². The lowest BCUT2D eigenvalue weighted by Gasteiger charge is -2.13. The molecule has 0 spiro atoms. The van der Waals surface area contributed by atoms with E-state index in [0.29, 0.717) is 11.5 Å². The van der Waals surface area contributed by atoms with Crippen LogP contribution in [0.15, 0.2) is 54.6 Å². The second-order valence-electron chi connectivity index (χ2n) is 6.38. The summed E-state index contributed by atoms with van der Waals surface area (Å²) in [6.07, 6.45) is 0.886. The number of hydrogen-bond donors (Lipinski definition) is 2. The molecule has 1 amide bonds. The van der Waals surface area contributed by atoms with Gasteiger partial charge in [-0.3, -0.25) is 4.79 Å². The molecule has 3 aromatic rings. The van der Waals surface area contributed by atoms with Crippen molar-refractivity contribution in [3.05, 3.63) is 77.0 Å². The normalized spacial score (nSPS) is 10.3. The third-order valence-electron chi connectivity index (χ3n) is 4.47. The van der Waals surface area contributed by atoms with Crippen molar-refractivity contribution in [2.75, 3.05) is 17.7 Å². The van der Waals surface area contributed by atoms with E-state index in [1.807, 2.05) is 19.1 Å². The summed E-state index contributed by atoms with van der Waals surface area (Å²) >= 11 is 0. The maximum absolute atomic E-state index is 12.5. The van der Waals surface area contributed by atoms with Gasteiger partial charge in [-0.05, 0) is 48.7 Å². The number of hydrogen-bond acceptors (Lipinski definition) is 6. The molecule has 0 fully saturated rings. The maximum atomic E-state index is 12.5. The molecular weight excluding hydrogens is 368 g/mol. The highest BCUT2D eigenvalue weighted by atomic mass is 16.5. The quantitative estimate of drug-likeness (QED) is 0.615. The van der Waals surface area contributed by atoms with Crippen LogP contribution in [0.3, 0.4) is 0 Å². The fourth-order valence-electron chi connectivity index (χ4n) is 2.92. The average molecular weight is 390 g/mol. The third kappa shape index (κ3) is 4.57. The van der Waals surface area contributed by atoms with Crippen LogP contribution in [0, 0.1) is 6.92 Å². The molecule has 7 nitrogen and oxygen atoms in total. The second kappa shape index (κ2) is 8.97. The van der Waals surface area contributed by atoms with Crippen LogP contribution in [-0.4, -0.2) is 29.2 Å². The highest BCUT2D eigenvalue weighted by Gasteiger charge is 2.15. The molecule has 148 valence electrons. The molecule has 3 rings (SSSR count). The smallest absolute Gasteiger partial charge is 0.339 e. The molecule has 1 heterocycles. The molecule has 0 atom stereocenters. The number of esters is 1. The molecule has 7 heteroatoms. The van der Waals surface area contributed by atoms with Gasteiger partial charge in [0.1, 0.15) is 0 Å². The first-order valence-electron chi connectivity index (χ1n) is 9.21. The summed E-state index contributed by atoms with van der Waals surface area (Å²) in [5.74, 6) is -0.456. The van der Waals surface area contributed by atoms with Gasteiger partial charge in [0, 0.05) is 5.69 Å². The fourth-order valence-corrected chi connectivity index (χ4v) is 2.92. The van der Waals surface area contributed by atoms with E-state index in [9.17, 15) is 9.59 Å². The van der Waals surface area contributed by atoms with Gasteiger partial charge in [-0.25, -0.2) is 4.79 Å². The zero-order valence-electron chi connectivity index (χ0n) is 16.5. The van der Waals surface area contributed by atoms with Gasteiger partial charge >= 0.3 is 5.97 Å². The van der Waals surface area contributed by atoms with E-state index in [1.165, 1.54) is 12.7 Å². The molecule has 2 aromatic carbocycles. The van der Waals surface area contributed by atoms with Crippen LogP contribution in [-0.2, 0) is 11.2 Å². The molecule has 0 aliphatic heterocycles. The Balaban J connectivity index is 1.76. The Morgan fingerprint density at radius 2 is 1.79 bits per heavy atom. The Labute approximate surface area is 169 Å². The van der Waals surface area contributed by atoms with Crippen molar-refractivity contribution in [3.63, 3.8) is 0 Å². The SMILES string of the molecule is CCc1cccc(C)c1Nc1ccc(C(=O)Nc2ccccc2C(=O)OC)nn1. The van der Waals surface area contributed by atoms with Crippen LogP contribution < -0.4 is 10.6 Å². The first-order chi connectivity index (χ1) is 14.0. The molecule has 29 heavy (non-hydrogen) atoms. The number of benzene rings is 2. The lowest BCUT2D eigenvalue weighted by atomic mass is 10.1. The number of amides is 1. The van der Waals surface area contributed by atoms with Gasteiger partial charge in [-0.2, -0.15) is 0 Å². The topological polar surface area (TPSA) is 93.2 Å². The minimum atomic E-state index is -0.531. The highest BCUT2D eigenvalue weighted by Crippen LogP contribution is 2.24. The molecule has 0 saturated carbocycles. The lowest BCUT2D eigenvalue weighted by Crippen LogP contribution is -2.17. The largest absolute Gasteiger partial charge is 0.465 e. The molecular formula is C22H22N4O3. The zero-order chi connectivity index (χ0) is 20.8. The van der Waals surface area contributed by atoms with Crippen LogP contribution in [0.5, 0.6) is 0 Å². The van der Waals surface area contributed by atoms with Crippen molar-refractivity contribution >= 4 is 29.1 Å². The average Bonchev–Trinajstić information content (AvgIpc) is 2.75. The summed E-state index contributed by atoms with van der Waals surface area (Å²) in [6, 6.07) is 16.0. The van der Waals surface area contributed by atoms with Crippen molar-refractivity contribution < 1.29 is 14.3 Å². The number of carbonyl (C=O) groups is 2. The minimum absolute atomic E-state index is 0.135.